The molecule has 2 nitrogen and oxygen atoms in total. The van der Waals surface area contributed by atoms with Gasteiger partial charge in [-0.05, 0) is 55.7 Å². The van der Waals surface area contributed by atoms with Gasteiger partial charge in [0.2, 0.25) is 0 Å². The summed E-state index contributed by atoms with van der Waals surface area (Å²) in [5.41, 5.74) is 11.0. The summed E-state index contributed by atoms with van der Waals surface area (Å²) >= 11 is 0. The van der Waals surface area contributed by atoms with Crippen LogP contribution in [0.5, 0.6) is 0 Å². The molecule has 0 saturated carbocycles. The maximum absolute atomic E-state index is 5.49. The Kier molecular flexibility index (Phi) is 5.87. The Morgan fingerprint density at radius 1 is 1.25 bits per heavy atom. The smallest absolute Gasteiger partial charge is 0.0876 e. The summed E-state index contributed by atoms with van der Waals surface area (Å²) in [6.45, 7) is 3.55. The maximum Gasteiger partial charge on any atom is 0.0876 e. The van der Waals surface area contributed by atoms with Crippen LogP contribution in [-0.4, -0.2) is 13.2 Å². The molecule has 0 spiro atoms. The topological polar surface area (TPSA) is 35.2 Å². The minimum Gasteiger partial charge on any atom is -0.501 e. The highest BCUT2D eigenvalue weighted by molar-refractivity contribution is 5.40. The number of rotatable bonds is 4. The molecule has 1 heterocycles. The Morgan fingerprint density at radius 2 is 2.10 bits per heavy atom. The first-order valence-electron chi connectivity index (χ1n) is 7.55. The lowest BCUT2D eigenvalue weighted by Gasteiger charge is -2.20. The fraction of sp³-hybridized carbons (Fsp3) is 0.444. The van der Waals surface area contributed by atoms with Crippen molar-refractivity contribution in [3.63, 3.8) is 0 Å². The van der Waals surface area contributed by atoms with Crippen LogP contribution in [-0.2, 0) is 4.74 Å². The molecule has 0 atom stereocenters. The fourth-order valence-corrected chi connectivity index (χ4v) is 2.61. The van der Waals surface area contributed by atoms with Gasteiger partial charge < -0.3 is 10.5 Å². The van der Waals surface area contributed by atoms with Gasteiger partial charge in [0.1, 0.15) is 0 Å². The molecule has 0 aromatic carbocycles. The zero-order chi connectivity index (χ0) is 14.2. The number of hydrogen-bond donors (Lipinski definition) is 1. The third-order valence-electron chi connectivity index (χ3n) is 3.73. The van der Waals surface area contributed by atoms with Crippen molar-refractivity contribution in [1.82, 2.24) is 0 Å². The lowest BCUT2D eigenvalue weighted by molar-refractivity contribution is 0.226. The van der Waals surface area contributed by atoms with E-state index in [4.69, 9.17) is 10.5 Å². The van der Waals surface area contributed by atoms with E-state index in [1.54, 1.807) is 0 Å². The molecule has 0 bridgehead atoms. The second-order valence-electron chi connectivity index (χ2n) is 5.43. The number of ether oxygens (including phenoxy) is 1. The zero-order valence-electron chi connectivity index (χ0n) is 12.4. The molecule has 1 aliphatic carbocycles. The molecule has 1 aliphatic heterocycles. The Hall–Kier alpha value is -1.54. The second-order valence-corrected chi connectivity index (χ2v) is 5.43. The molecule has 0 saturated heterocycles. The van der Waals surface area contributed by atoms with Crippen LogP contribution in [0.3, 0.4) is 0 Å². The Balaban J connectivity index is 2.05. The van der Waals surface area contributed by atoms with Crippen molar-refractivity contribution >= 4 is 0 Å². The summed E-state index contributed by atoms with van der Waals surface area (Å²) < 4.78 is 5.45. The van der Waals surface area contributed by atoms with Gasteiger partial charge in [0.05, 0.1) is 12.9 Å². The second kappa shape index (κ2) is 7.91. The first-order chi connectivity index (χ1) is 9.79. The maximum atomic E-state index is 5.49. The van der Waals surface area contributed by atoms with E-state index in [9.17, 15) is 0 Å². The van der Waals surface area contributed by atoms with Gasteiger partial charge in [-0.2, -0.15) is 0 Å². The quantitative estimate of drug-likeness (QED) is 0.779. The van der Waals surface area contributed by atoms with Crippen molar-refractivity contribution in [2.45, 2.75) is 39.0 Å². The average Bonchev–Trinajstić information content (AvgIpc) is 2.49. The highest BCUT2D eigenvalue weighted by Crippen LogP contribution is 2.30. The van der Waals surface area contributed by atoms with Crippen molar-refractivity contribution in [2.24, 2.45) is 5.73 Å². The van der Waals surface area contributed by atoms with Crippen molar-refractivity contribution in [1.29, 1.82) is 0 Å². The largest absolute Gasteiger partial charge is 0.501 e. The number of nitrogens with two attached hydrogens (primary N) is 1. The van der Waals surface area contributed by atoms with Gasteiger partial charge in [0.15, 0.2) is 0 Å². The molecule has 0 amide bonds. The Bertz CT molecular complexity index is 478. The van der Waals surface area contributed by atoms with E-state index in [2.05, 4.69) is 31.2 Å². The van der Waals surface area contributed by atoms with Crippen LogP contribution in [0.4, 0.5) is 0 Å². The van der Waals surface area contributed by atoms with Crippen LogP contribution in [0.2, 0.25) is 0 Å². The van der Waals surface area contributed by atoms with E-state index in [0.717, 1.165) is 19.4 Å². The molecular weight excluding hydrogens is 246 g/mol. The van der Waals surface area contributed by atoms with Crippen LogP contribution in [0.15, 0.2) is 58.9 Å². The van der Waals surface area contributed by atoms with Crippen LogP contribution in [0.25, 0.3) is 0 Å². The van der Waals surface area contributed by atoms with E-state index in [1.807, 2.05) is 12.3 Å². The van der Waals surface area contributed by atoms with Crippen LogP contribution < -0.4 is 5.73 Å². The molecule has 0 unspecified atom stereocenters. The molecule has 2 aliphatic rings. The lowest BCUT2D eigenvalue weighted by atomic mass is 9.88. The predicted molar refractivity (Wildman–Crippen MR) is 85.2 cm³/mol. The highest BCUT2D eigenvalue weighted by Gasteiger charge is 2.13. The van der Waals surface area contributed by atoms with E-state index in [-0.39, 0.29) is 0 Å². The molecular formula is C18H25NO. The van der Waals surface area contributed by atoms with Crippen LogP contribution in [0.1, 0.15) is 39.0 Å². The highest BCUT2D eigenvalue weighted by atomic mass is 16.5. The minimum absolute atomic E-state index is 0.602. The molecule has 2 heteroatoms. The van der Waals surface area contributed by atoms with Crippen LogP contribution >= 0.6 is 0 Å². The van der Waals surface area contributed by atoms with E-state index in [1.165, 1.54) is 41.6 Å². The first-order valence-corrected chi connectivity index (χ1v) is 7.55. The number of allylic oxidation sites excluding steroid dienone is 8. The SMILES string of the molecule is CC(/C=C/C=C1/C=C(C2=COCCC2)CCC1)=C\CN. The third kappa shape index (κ3) is 4.53. The Morgan fingerprint density at radius 3 is 2.85 bits per heavy atom. The molecule has 0 aromatic heterocycles. The number of hydrogen-bond acceptors (Lipinski definition) is 2. The van der Waals surface area contributed by atoms with Crippen molar-refractivity contribution in [3.8, 4) is 0 Å². The van der Waals surface area contributed by atoms with Crippen molar-refractivity contribution < 1.29 is 4.74 Å². The summed E-state index contributed by atoms with van der Waals surface area (Å²) in [5, 5.41) is 0. The average molecular weight is 271 g/mol. The first kappa shape index (κ1) is 14.9. The summed E-state index contributed by atoms with van der Waals surface area (Å²) in [7, 11) is 0. The predicted octanol–water partition coefficient (Wildman–Crippen LogP) is 4.18. The minimum atomic E-state index is 0.602. The van der Waals surface area contributed by atoms with E-state index < -0.39 is 0 Å². The molecule has 20 heavy (non-hydrogen) atoms. The summed E-state index contributed by atoms with van der Waals surface area (Å²) in [4.78, 5) is 0. The molecule has 0 fully saturated rings. The van der Waals surface area contributed by atoms with Gasteiger partial charge in [0.25, 0.3) is 0 Å². The van der Waals surface area contributed by atoms with Gasteiger partial charge in [-0.25, -0.2) is 0 Å². The summed E-state index contributed by atoms with van der Waals surface area (Å²) in [6, 6.07) is 0. The molecule has 2 rings (SSSR count). The van der Waals surface area contributed by atoms with Gasteiger partial charge in [-0.15, -0.1) is 0 Å². The van der Waals surface area contributed by atoms with E-state index in [0.29, 0.717) is 6.54 Å². The molecule has 108 valence electrons. The van der Waals surface area contributed by atoms with Gasteiger partial charge >= 0.3 is 0 Å². The summed E-state index contributed by atoms with van der Waals surface area (Å²) in [5.74, 6) is 0. The normalized spacial score (nSPS) is 22.7. The standard InChI is InChI=1S/C18H25NO/c1-15(10-11-19)5-2-6-16-7-3-8-17(13-16)18-9-4-12-20-14-18/h2,5-6,10,13-14H,3-4,7-9,11-12,19H2,1H3/b5-2+,15-10+,16-6+. The summed E-state index contributed by atoms with van der Waals surface area (Å²) in [6.07, 6.45) is 18.7. The fourth-order valence-electron chi connectivity index (χ4n) is 2.61. The van der Waals surface area contributed by atoms with Crippen LogP contribution in [0, 0.1) is 0 Å². The Labute approximate surface area is 122 Å². The third-order valence-corrected chi connectivity index (χ3v) is 3.73. The molecule has 0 radical (unpaired) electrons. The van der Waals surface area contributed by atoms with Gasteiger partial charge in [-0.3, -0.25) is 0 Å². The van der Waals surface area contributed by atoms with Gasteiger partial charge in [-0.1, -0.05) is 36.0 Å². The lowest BCUT2D eigenvalue weighted by Crippen LogP contribution is -2.04. The zero-order valence-corrected chi connectivity index (χ0v) is 12.4. The van der Waals surface area contributed by atoms with Crippen molar-refractivity contribution in [2.75, 3.05) is 13.2 Å². The van der Waals surface area contributed by atoms with Gasteiger partial charge in [0, 0.05) is 6.54 Å². The monoisotopic (exact) mass is 271 g/mol. The molecule has 0 aromatic rings. The van der Waals surface area contributed by atoms with Crippen molar-refractivity contribution in [3.05, 3.63) is 58.9 Å². The van der Waals surface area contributed by atoms with E-state index >= 15 is 0 Å². The molecule has 2 N–H and O–H groups in total.